The first kappa shape index (κ1) is 17.5. The number of nitrogens with one attached hydrogen (secondary N) is 2. The van der Waals surface area contributed by atoms with E-state index in [1.54, 1.807) is 28.8 Å². The minimum atomic E-state index is -0.322. The van der Waals surface area contributed by atoms with Crippen molar-refractivity contribution in [3.05, 3.63) is 63.7 Å². The highest BCUT2D eigenvalue weighted by atomic mass is 79.9. The first-order valence-corrected chi connectivity index (χ1v) is 8.71. The number of nitrogens with zero attached hydrogens (tertiary/aromatic N) is 1. The van der Waals surface area contributed by atoms with E-state index in [1.165, 1.54) is 0 Å². The van der Waals surface area contributed by atoms with Gasteiger partial charge in [0.25, 0.3) is 5.91 Å². The third-order valence-corrected chi connectivity index (χ3v) is 4.85. The molecule has 7 heteroatoms. The largest absolute Gasteiger partial charge is 0.342 e. The maximum atomic E-state index is 12.5. The summed E-state index contributed by atoms with van der Waals surface area (Å²) in [6.07, 6.45) is 0. The van der Waals surface area contributed by atoms with Gasteiger partial charge < -0.3 is 15.2 Å². The number of hydrogen-bond acceptors (Lipinski definition) is 2. The van der Waals surface area contributed by atoms with Gasteiger partial charge in [-0.1, -0.05) is 29.8 Å². The molecule has 3 aromatic rings. The molecule has 0 radical (unpaired) electrons. The van der Waals surface area contributed by atoms with Crippen molar-refractivity contribution in [2.24, 2.45) is 7.05 Å². The van der Waals surface area contributed by atoms with Gasteiger partial charge in [0.05, 0.1) is 11.0 Å². The molecule has 0 fully saturated rings. The summed E-state index contributed by atoms with van der Waals surface area (Å²) in [6, 6.07) is 14.5. The van der Waals surface area contributed by atoms with E-state index >= 15 is 0 Å². The summed E-state index contributed by atoms with van der Waals surface area (Å²) in [6.45, 7) is -0.130. The van der Waals surface area contributed by atoms with Crippen molar-refractivity contribution in [2.45, 2.75) is 0 Å². The summed E-state index contributed by atoms with van der Waals surface area (Å²) >= 11 is 9.28. The lowest BCUT2D eigenvalue weighted by Gasteiger charge is -2.08. The Morgan fingerprint density at radius 2 is 1.80 bits per heavy atom. The van der Waals surface area contributed by atoms with Crippen LogP contribution in [0.5, 0.6) is 0 Å². The molecule has 5 nitrogen and oxygen atoms in total. The number of halogens is 2. The van der Waals surface area contributed by atoms with Gasteiger partial charge in [-0.05, 0) is 46.3 Å². The van der Waals surface area contributed by atoms with Gasteiger partial charge >= 0.3 is 0 Å². The van der Waals surface area contributed by atoms with Crippen molar-refractivity contribution in [1.29, 1.82) is 0 Å². The summed E-state index contributed by atoms with van der Waals surface area (Å²) in [7, 11) is 1.82. The number of hydrogen-bond donors (Lipinski definition) is 2. The van der Waals surface area contributed by atoms with Crippen LogP contribution in [0.4, 0.5) is 5.69 Å². The number of anilines is 1. The Bertz CT molecular complexity index is 912. The number of aryl methyl sites for hydroxylation is 1. The highest BCUT2D eigenvalue weighted by Gasteiger charge is 2.19. The second kappa shape index (κ2) is 7.29. The summed E-state index contributed by atoms with van der Waals surface area (Å²) in [5.41, 5.74) is 2.03. The third kappa shape index (κ3) is 3.70. The van der Waals surface area contributed by atoms with E-state index in [0.29, 0.717) is 20.9 Å². The maximum Gasteiger partial charge on any atom is 0.269 e. The quantitative estimate of drug-likeness (QED) is 0.671. The number of fused-ring (bicyclic) bond motifs is 1. The number of aromatic nitrogens is 1. The Kier molecular flexibility index (Phi) is 5.11. The van der Waals surface area contributed by atoms with Crippen LogP contribution in [-0.2, 0) is 11.8 Å². The van der Waals surface area contributed by atoms with E-state index in [0.717, 1.165) is 10.9 Å². The predicted octanol–water partition coefficient (Wildman–Crippen LogP) is 3.96. The van der Waals surface area contributed by atoms with Gasteiger partial charge in [0.1, 0.15) is 5.69 Å². The molecular formula is C18H15BrClN3O2. The average Bonchev–Trinajstić information content (AvgIpc) is 2.86. The van der Waals surface area contributed by atoms with Crippen molar-refractivity contribution >= 4 is 55.9 Å². The average molecular weight is 421 g/mol. The number of amides is 2. The Balaban J connectivity index is 1.68. The Labute approximate surface area is 158 Å². The molecule has 0 spiro atoms. The van der Waals surface area contributed by atoms with Crippen molar-refractivity contribution < 1.29 is 9.59 Å². The second-order valence-electron chi connectivity index (χ2n) is 5.48. The van der Waals surface area contributed by atoms with Gasteiger partial charge in [0, 0.05) is 28.7 Å². The van der Waals surface area contributed by atoms with Crippen LogP contribution in [0.15, 0.2) is 53.0 Å². The van der Waals surface area contributed by atoms with Gasteiger partial charge in [-0.3, -0.25) is 9.59 Å². The molecule has 0 saturated heterocycles. The van der Waals surface area contributed by atoms with Crippen LogP contribution in [-0.4, -0.2) is 22.9 Å². The van der Waals surface area contributed by atoms with E-state index in [4.69, 9.17) is 11.6 Å². The molecule has 0 aliphatic rings. The zero-order valence-electron chi connectivity index (χ0n) is 13.3. The molecule has 2 aromatic carbocycles. The van der Waals surface area contributed by atoms with Crippen molar-refractivity contribution in [3.8, 4) is 0 Å². The minimum absolute atomic E-state index is 0.130. The van der Waals surface area contributed by atoms with Crippen LogP contribution in [0.1, 0.15) is 10.5 Å². The van der Waals surface area contributed by atoms with E-state index < -0.39 is 0 Å². The summed E-state index contributed by atoms with van der Waals surface area (Å²) in [5.74, 6) is -0.637. The monoisotopic (exact) mass is 419 g/mol. The Morgan fingerprint density at radius 1 is 1.12 bits per heavy atom. The summed E-state index contributed by atoms with van der Waals surface area (Å²) < 4.78 is 2.51. The lowest BCUT2D eigenvalue weighted by molar-refractivity contribution is -0.115. The smallest absolute Gasteiger partial charge is 0.269 e. The van der Waals surface area contributed by atoms with Crippen LogP contribution < -0.4 is 10.6 Å². The zero-order chi connectivity index (χ0) is 18.0. The molecule has 25 heavy (non-hydrogen) atoms. The summed E-state index contributed by atoms with van der Waals surface area (Å²) in [4.78, 5) is 24.5. The van der Waals surface area contributed by atoms with Crippen molar-refractivity contribution in [2.75, 3.05) is 11.9 Å². The van der Waals surface area contributed by atoms with Gasteiger partial charge in [0.2, 0.25) is 5.91 Å². The number of carbonyl (C=O) groups is 2. The van der Waals surface area contributed by atoms with Gasteiger partial charge in [-0.2, -0.15) is 0 Å². The van der Waals surface area contributed by atoms with E-state index in [2.05, 4.69) is 26.6 Å². The van der Waals surface area contributed by atoms with Gasteiger partial charge in [-0.15, -0.1) is 0 Å². The highest BCUT2D eigenvalue weighted by molar-refractivity contribution is 9.10. The Morgan fingerprint density at radius 3 is 2.48 bits per heavy atom. The Hall–Kier alpha value is -2.31. The number of para-hydroxylation sites is 1. The van der Waals surface area contributed by atoms with Gasteiger partial charge in [-0.25, -0.2) is 0 Å². The first-order chi connectivity index (χ1) is 12.0. The molecule has 0 atom stereocenters. The minimum Gasteiger partial charge on any atom is -0.342 e. The molecule has 0 aliphatic carbocycles. The van der Waals surface area contributed by atoms with Crippen LogP contribution >= 0.6 is 27.5 Å². The van der Waals surface area contributed by atoms with E-state index in [1.807, 2.05) is 31.3 Å². The standard InChI is InChI=1S/C18H15BrClN3O2/c1-23-14-5-3-2-4-13(14)16(19)17(23)18(25)21-10-15(24)22-12-8-6-11(20)7-9-12/h2-9H,10H2,1H3,(H,21,25)(H,22,24). The van der Waals surface area contributed by atoms with Crippen LogP contribution in [0.2, 0.25) is 5.02 Å². The van der Waals surface area contributed by atoms with E-state index in [9.17, 15) is 9.59 Å². The second-order valence-corrected chi connectivity index (χ2v) is 6.71. The van der Waals surface area contributed by atoms with Crippen LogP contribution in [0.3, 0.4) is 0 Å². The SMILES string of the molecule is Cn1c(C(=O)NCC(=O)Nc2ccc(Cl)cc2)c(Br)c2ccccc21. The fourth-order valence-electron chi connectivity index (χ4n) is 2.58. The van der Waals surface area contributed by atoms with Crippen molar-refractivity contribution in [1.82, 2.24) is 9.88 Å². The fraction of sp³-hybridized carbons (Fsp3) is 0.111. The molecule has 1 aromatic heterocycles. The fourth-order valence-corrected chi connectivity index (χ4v) is 3.49. The van der Waals surface area contributed by atoms with Crippen LogP contribution in [0.25, 0.3) is 10.9 Å². The predicted molar refractivity (Wildman–Crippen MR) is 103 cm³/mol. The lowest BCUT2D eigenvalue weighted by atomic mass is 10.2. The zero-order valence-corrected chi connectivity index (χ0v) is 15.7. The molecule has 2 N–H and O–H groups in total. The molecule has 0 saturated carbocycles. The molecule has 0 aliphatic heterocycles. The van der Waals surface area contributed by atoms with Gasteiger partial charge in [0.15, 0.2) is 0 Å². The first-order valence-electron chi connectivity index (χ1n) is 7.54. The van der Waals surface area contributed by atoms with Crippen LogP contribution in [0, 0.1) is 0 Å². The molecule has 0 unspecified atom stereocenters. The normalized spacial score (nSPS) is 10.7. The molecule has 2 amide bonds. The molecule has 3 rings (SSSR count). The molecule has 1 heterocycles. The highest BCUT2D eigenvalue weighted by Crippen LogP contribution is 2.30. The van der Waals surface area contributed by atoms with E-state index in [-0.39, 0.29) is 18.4 Å². The third-order valence-electron chi connectivity index (χ3n) is 3.80. The number of carbonyl (C=O) groups excluding carboxylic acids is 2. The maximum absolute atomic E-state index is 12.5. The topological polar surface area (TPSA) is 63.1 Å². The number of rotatable bonds is 4. The lowest BCUT2D eigenvalue weighted by Crippen LogP contribution is -2.33. The molecular weight excluding hydrogens is 406 g/mol. The summed E-state index contributed by atoms with van der Waals surface area (Å²) in [5, 5.41) is 6.88. The molecule has 128 valence electrons. The van der Waals surface area contributed by atoms with Crippen molar-refractivity contribution in [3.63, 3.8) is 0 Å². The number of benzene rings is 2. The molecule has 0 bridgehead atoms.